The van der Waals surface area contributed by atoms with Crippen molar-refractivity contribution in [2.24, 2.45) is 0 Å². The number of rotatable bonds is 2. The largest absolute Gasteiger partial charge is 0.391 e. The van der Waals surface area contributed by atoms with Crippen molar-refractivity contribution in [2.75, 3.05) is 34.3 Å². The molecule has 0 saturated carbocycles. The molecule has 0 aromatic carbocycles. The van der Waals surface area contributed by atoms with Crippen molar-refractivity contribution in [1.82, 2.24) is 0 Å². The Morgan fingerprint density at radius 2 is 1.67 bits per heavy atom. The highest BCUT2D eigenvalue weighted by atomic mass is 79.9. The normalized spacial score (nSPS) is 10.0. The monoisotopic (exact) mass is 218 g/mol. The smallest absolute Gasteiger partial charge is 0.101 e. The molecule has 0 fully saturated rings. The van der Waals surface area contributed by atoms with Gasteiger partial charge in [-0.2, -0.15) is 0 Å². The molecule has 9 heavy (non-hydrogen) atoms. The average Bonchev–Trinajstić information content (AvgIpc) is 1.69. The third-order valence-corrected chi connectivity index (χ3v) is 0.771. The van der Waals surface area contributed by atoms with E-state index < -0.39 is 0 Å². The first-order chi connectivity index (χ1) is 4.06. The number of likely N-dealkylation sites (N-methyl/N-ethyl adjacent to an activating group) is 1. The SMILES string of the molecule is C[N+](C)(C)CCO.ClBr. The molecule has 0 unspecified atom stereocenters. The fourth-order valence-corrected chi connectivity index (χ4v) is 0.300. The van der Waals surface area contributed by atoms with E-state index in [0.29, 0.717) is 0 Å². The van der Waals surface area contributed by atoms with Gasteiger partial charge in [0, 0.05) is 15.0 Å². The van der Waals surface area contributed by atoms with E-state index in [0.717, 1.165) is 11.0 Å². The molecule has 0 aliphatic carbocycles. The molecule has 0 bridgehead atoms. The van der Waals surface area contributed by atoms with Gasteiger partial charge in [-0.25, -0.2) is 0 Å². The maximum atomic E-state index is 8.39. The van der Waals surface area contributed by atoms with Gasteiger partial charge in [-0.1, -0.05) is 0 Å². The Bertz CT molecular complexity index is 55.4. The Kier molecular flexibility index (Phi) is 9.36. The molecule has 0 aliphatic heterocycles. The van der Waals surface area contributed by atoms with Gasteiger partial charge in [0.05, 0.1) is 27.7 Å². The second-order valence-electron chi connectivity index (χ2n) is 2.74. The van der Waals surface area contributed by atoms with Gasteiger partial charge < -0.3 is 9.59 Å². The second-order valence-corrected chi connectivity index (χ2v) is 2.74. The molecule has 0 aromatic rings. The summed E-state index contributed by atoms with van der Waals surface area (Å²) in [6.45, 7) is 1.11. The molecular formula is C5H14BrClNO+. The zero-order valence-corrected chi connectivity index (χ0v) is 8.41. The lowest BCUT2D eigenvalue weighted by atomic mass is 10.5. The Morgan fingerprint density at radius 1 is 1.33 bits per heavy atom. The van der Waals surface area contributed by atoms with Crippen LogP contribution in [-0.4, -0.2) is 43.9 Å². The van der Waals surface area contributed by atoms with Gasteiger partial charge in [-0.15, -0.1) is 0 Å². The van der Waals surface area contributed by atoms with Crippen LogP contribution in [0, 0.1) is 0 Å². The maximum absolute atomic E-state index is 8.39. The van der Waals surface area contributed by atoms with Crippen molar-refractivity contribution < 1.29 is 9.59 Å². The van der Waals surface area contributed by atoms with E-state index in [1.54, 1.807) is 0 Å². The van der Waals surface area contributed by atoms with E-state index in [1.807, 2.05) is 0 Å². The van der Waals surface area contributed by atoms with Crippen molar-refractivity contribution in [2.45, 2.75) is 0 Å². The zero-order valence-electron chi connectivity index (χ0n) is 6.06. The molecule has 58 valence electrons. The molecule has 1 N–H and O–H groups in total. The third kappa shape index (κ3) is 17.7. The van der Waals surface area contributed by atoms with Crippen LogP contribution in [0.25, 0.3) is 0 Å². The summed E-state index contributed by atoms with van der Waals surface area (Å²) in [5.41, 5.74) is 0. The van der Waals surface area contributed by atoms with Gasteiger partial charge in [0.2, 0.25) is 0 Å². The zero-order chi connectivity index (χ0) is 7.91. The van der Waals surface area contributed by atoms with Crippen LogP contribution in [0.4, 0.5) is 0 Å². The first-order valence-corrected chi connectivity index (χ1v) is 4.70. The van der Waals surface area contributed by atoms with Crippen LogP contribution in [0.2, 0.25) is 0 Å². The molecular weight excluding hydrogens is 205 g/mol. The highest BCUT2D eigenvalue weighted by Crippen LogP contribution is 1.84. The van der Waals surface area contributed by atoms with E-state index in [2.05, 4.69) is 46.3 Å². The molecule has 0 spiro atoms. The summed E-state index contributed by atoms with van der Waals surface area (Å²) in [6, 6.07) is 0. The first-order valence-electron chi connectivity index (χ1n) is 2.62. The molecule has 0 amide bonds. The summed E-state index contributed by atoms with van der Waals surface area (Å²) in [7, 11) is 10.6. The second kappa shape index (κ2) is 6.81. The molecule has 0 heterocycles. The van der Waals surface area contributed by atoms with E-state index in [9.17, 15) is 0 Å². The quantitative estimate of drug-likeness (QED) is 0.693. The number of halogens is 2. The van der Waals surface area contributed by atoms with Crippen molar-refractivity contribution in [3.63, 3.8) is 0 Å². The van der Waals surface area contributed by atoms with Gasteiger partial charge in [0.15, 0.2) is 0 Å². The first kappa shape index (κ1) is 12.4. The van der Waals surface area contributed by atoms with Crippen LogP contribution in [0.5, 0.6) is 0 Å². The molecule has 0 aromatic heterocycles. The number of nitrogens with zero attached hydrogens (tertiary/aromatic N) is 1. The Hall–Kier alpha value is 0.690. The van der Waals surface area contributed by atoms with Crippen molar-refractivity contribution in [3.05, 3.63) is 0 Å². The van der Waals surface area contributed by atoms with Crippen LogP contribution in [-0.2, 0) is 0 Å². The van der Waals surface area contributed by atoms with Crippen molar-refractivity contribution in [1.29, 1.82) is 0 Å². The highest BCUT2D eigenvalue weighted by Gasteiger charge is 2.02. The van der Waals surface area contributed by atoms with Crippen LogP contribution in [0.15, 0.2) is 0 Å². The van der Waals surface area contributed by atoms with Gasteiger partial charge in [0.25, 0.3) is 0 Å². The minimum Gasteiger partial charge on any atom is -0.391 e. The summed E-state index contributed by atoms with van der Waals surface area (Å²) in [6.07, 6.45) is 0. The van der Waals surface area contributed by atoms with Gasteiger partial charge in [-0.05, 0) is 10.1 Å². The summed E-state index contributed by atoms with van der Waals surface area (Å²) in [4.78, 5) is 0. The minimum atomic E-state index is 0.281. The number of quaternary nitrogens is 1. The van der Waals surface area contributed by atoms with E-state index in [-0.39, 0.29) is 6.61 Å². The number of aliphatic hydroxyl groups excluding tert-OH is 1. The van der Waals surface area contributed by atoms with Gasteiger partial charge >= 0.3 is 0 Å². The molecule has 4 heteroatoms. The molecule has 2 nitrogen and oxygen atoms in total. The van der Waals surface area contributed by atoms with E-state index in [1.165, 1.54) is 0 Å². The van der Waals surface area contributed by atoms with E-state index >= 15 is 0 Å². The lowest BCUT2D eigenvalue weighted by molar-refractivity contribution is -0.870. The van der Waals surface area contributed by atoms with Crippen LogP contribution >= 0.6 is 25.1 Å². The summed E-state index contributed by atoms with van der Waals surface area (Å²) >= 11 is 2.41. The van der Waals surface area contributed by atoms with Gasteiger partial charge in [-0.3, -0.25) is 0 Å². The molecule has 0 radical (unpaired) electrons. The predicted octanol–water partition coefficient (Wildman–Crippen LogP) is 1.22. The van der Waals surface area contributed by atoms with Gasteiger partial charge in [0.1, 0.15) is 6.54 Å². The summed E-state index contributed by atoms with van der Waals surface area (Å²) in [5.74, 6) is 0. The maximum Gasteiger partial charge on any atom is 0.101 e. The summed E-state index contributed by atoms with van der Waals surface area (Å²) in [5, 5.41) is 8.39. The van der Waals surface area contributed by atoms with Crippen molar-refractivity contribution in [3.8, 4) is 0 Å². The fraction of sp³-hybridized carbons (Fsp3) is 1.00. The van der Waals surface area contributed by atoms with Crippen LogP contribution in [0.1, 0.15) is 0 Å². The molecule has 0 rings (SSSR count). The van der Waals surface area contributed by atoms with Crippen molar-refractivity contribution >= 4 is 25.1 Å². The minimum absolute atomic E-state index is 0.281. The third-order valence-electron chi connectivity index (χ3n) is 0.771. The number of hydrogen-bond donors (Lipinski definition) is 1. The fourth-order valence-electron chi connectivity index (χ4n) is 0.300. The molecule has 0 aliphatic rings. The predicted molar refractivity (Wildman–Crippen MR) is 44.8 cm³/mol. The average molecular weight is 220 g/mol. The topological polar surface area (TPSA) is 20.2 Å². The van der Waals surface area contributed by atoms with Crippen LogP contribution < -0.4 is 0 Å². The molecule has 0 atom stereocenters. The van der Waals surface area contributed by atoms with E-state index in [4.69, 9.17) is 5.11 Å². The lowest BCUT2D eigenvalue weighted by Crippen LogP contribution is -2.36. The standard InChI is InChI=1S/C5H14NO.BrCl/c1-6(2,3)4-5-7;1-2/h7H,4-5H2,1-3H3;/q+1;. The lowest BCUT2D eigenvalue weighted by Gasteiger charge is -2.21. The Morgan fingerprint density at radius 3 is 1.67 bits per heavy atom. The Balaban J connectivity index is 0. The highest BCUT2D eigenvalue weighted by molar-refractivity contribution is 9.22. The number of aliphatic hydroxyl groups is 1. The summed E-state index contributed by atoms with van der Waals surface area (Å²) < 4.78 is 0.844. The van der Waals surface area contributed by atoms with Crippen LogP contribution in [0.3, 0.4) is 0 Å². The number of hydrogen-bond acceptors (Lipinski definition) is 1. The Labute approximate surface area is 69.4 Å². The molecule has 0 saturated heterocycles.